The first-order valence-corrected chi connectivity index (χ1v) is 8.92. The minimum atomic E-state index is -4.69. The lowest BCUT2D eigenvalue weighted by atomic mass is 10.3. The molecule has 2 aromatic heterocycles. The number of amides is 1. The number of alkyl halides is 3. The molecule has 0 saturated heterocycles. The van der Waals surface area contributed by atoms with Gasteiger partial charge in [-0.3, -0.25) is 14.8 Å². The molecule has 12 heteroatoms. The Balaban J connectivity index is 2.18. The van der Waals surface area contributed by atoms with Crippen molar-refractivity contribution in [1.82, 2.24) is 20.0 Å². The van der Waals surface area contributed by atoms with Crippen molar-refractivity contribution in [1.29, 1.82) is 0 Å². The molecule has 0 aliphatic heterocycles. The summed E-state index contributed by atoms with van der Waals surface area (Å²) >= 11 is 8.35. The summed E-state index contributed by atoms with van der Waals surface area (Å²) < 4.78 is 40.2. The predicted molar refractivity (Wildman–Crippen MR) is 86.6 cm³/mol. The van der Waals surface area contributed by atoms with E-state index in [1.807, 2.05) is 6.92 Å². The molecular weight excluding hydrogens is 387 g/mol. The number of nitrogens with one attached hydrogen (secondary N) is 1. The smallest absolute Gasteiger partial charge is 0.299 e. The lowest BCUT2D eigenvalue weighted by Crippen LogP contribution is -2.25. The molecule has 2 aromatic rings. The molecule has 0 saturated carbocycles. The molecule has 0 aliphatic rings. The highest BCUT2D eigenvalue weighted by molar-refractivity contribution is 8.01. The van der Waals surface area contributed by atoms with Gasteiger partial charge in [-0.25, -0.2) is 0 Å². The Morgan fingerprint density at radius 2 is 2.12 bits per heavy atom. The van der Waals surface area contributed by atoms with Crippen LogP contribution >= 0.6 is 34.7 Å². The lowest BCUT2D eigenvalue weighted by molar-refractivity contribution is -0.141. The molecule has 0 fully saturated rings. The van der Waals surface area contributed by atoms with Gasteiger partial charge in [0, 0.05) is 0 Å². The fourth-order valence-electron chi connectivity index (χ4n) is 1.82. The van der Waals surface area contributed by atoms with Gasteiger partial charge in [0.25, 0.3) is 5.91 Å². The number of nitrogens with zero attached hydrogens (tertiary/aromatic N) is 4. The summed E-state index contributed by atoms with van der Waals surface area (Å²) in [4.78, 5) is 12.2. The maximum absolute atomic E-state index is 12.8. The maximum atomic E-state index is 12.8. The van der Waals surface area contributed by atoms with Crippen LogP contribution in [0.2, 0.25) is 5.02 Å². The van der Waals surface area contributed by atoms with E-state index in [1.54, 1.807) is 0 Å². The highest BCUT2D eigenvalue weighted by atomic mass is 35.5. The van der Waals surface area contributed by atoms with Crippen LogP contribution in [-0.2, 0) is 11.0 Å². The van der Waals surface area contributed by atoms with E-state index in [0.717, 1.165) is 10.4 Å². The Kier molecular flexibility index (Phi) is 5.76. The van der Waals surface area contributed by atoms with E-state index < -0.39 is 28.8 Å². The number of carbonyl (C=O) groups excluding carboxylic acids is 1. The number of anilines is 1. The maximum Gasteiger partial charge on any atom is 0.436 e. The van der Waals surface area contributed by atoms with Crippen LogP contribution in [0.5, 0.6) is 0 Å². The third-order valence-electron chi connectivity index (χ3n) is 3.00. The molecular formula is C12H13ClF3N5OS2. The van der Waals surface area contributed by atoms with Gasteiger partial charge in [0.15, 0.2) is 10.0 Å². The summed E-state index contributed by atoms with van der Waals surface area (Å²) in [5.41, 5.74) is -1.15. The van der Waals surface area contributed by atoms with E-state index in [2.05, 4.69) is 20.6 Å². The second-order valence-electron chi connectivity index (χ2n) is 4.66. The number of rotatable bonds is 5. The first-order chi connectivity index (χ1) is 11.1. The highest BCUT2D eigenvalue weighted by Gasteiger charge is 2.39. The molecule has 132 valence electrons. The van der Waals surface area contributed by atoms with Crippen molar-refractivity contribution in [2.75, 3.05) is 11.1 Å². The fraction of sp³-hybridized carbons (Fsp3) is 0.500. The number of thioether (sulfide) groups is 1. The quantitative estimate of drug-likeness (QED) is 0.607. The van der Waals surface area contributed by atoms with Gasteiger partial charge in [0.05, 0.1) is 10.7 Å². The fourth-order valence-corrected chi connectivity index (χ4v) is 3.70. The monoisotopic (exact) mass is 399 g/mol. The molecule has 0 aromatic carbocycles. The molecule has 0 bridgehead atoms. The molecule has 6 nitrogen and oxygen atoms in total. The number of aromatic nitrogens is 4. The zero-order chi connectivity index (χ0) is 18.1. The molecule has 1 amide bonds. The Bertz CT molecular complexity index is 746. The van der Waals surface area contributed by atoms with Gasteiger partial charge in [-0.2, -0.15) is 18.3 Å². The van der Waals surface area contributed by atoms with Gasteiger partial charge in [0.1, 0.15) is 6.04 Å². The predicted octanol–water partition coefficient (Wildman–Crippen LogP) is 4.03. The summed E-state index contributed by atoms with van der Waals surface area (Å²) in [5.74, 6) is 0.250. The Hall–Kier alpha value is -1.33. The van der Waals surface area contributed by atoms with Gasteiger partial charge in [-0.1, -0.05) is 41.6 Å². The van der Waals surface area contributed by atoms with Crippen LogP contribution in [0.15, 0.2) is 4.34 Å². The van der Waals surface area contributed by atoms with Crippen LogP contribution in [0.25, 0.3) is 0 Å². The topological polar surface area (TPSA) is 72.7 Å². The lowest BCUT2D eigenvalue weighted by Gasteiger charge is -2.13. The van der Waals surface area contributed by atoms with Crippen molar-refractivity contribution in [3.63, 3.8) is 0 Å². The second kappa shape index (κ2) is 7.28. The van der Waals surface area contributed by atoms with Crippen LogP contribution in [0.4, 0.5) is 18.3 Å². The van der Waals surface area contributed by atoms with Crippen LogP contribution in [0.3, 0.4) is 0 Å². The van der Waals surface area contributed by atoms with Gasteiger partial charge >= 0.3 is 6.18 Å². The van der Waals surface area contributed by atoms with Gasteiger partial charge in [-0.05, 0) is 19.6 Å². The SMILES string of the molecule is CCSc1nnc(NC(=O)C(C)n2nc(C(F)(F)F)c(Cl)c2C)s1. The average molecular weight is 400 g/mol. The van der Waals surface area contributed by atoms with Crippen molar-refractivity contribution in [2.24, 2.45) is 0 Å². The van der Waals surface area contributed by atoms with E-state index in [4.69, 9.17) is 11.6 Å². The molecule has 1 atom stereocenters. The Morgan fingerprint density at radius 3 is 2.67 bits per heavy atom. The number of carbonyl (C=O) groups is 1. The van der Waals surface area contributed by atoms with Gasteiger partial charge in [-0.15, -0.1) is 10.2 Å². The van der Waals surface area contributed by atoms with E-state index in [1.165, 1.54) is 36.9 Å². The molecule has 1 unspecified atom stereocenters. The Labute approximate surface area is 148 Å². The third-order valence-corrected chi connectivity index (χ3v) is 5.30. The van der Waals surface area contributed by atoms with E-state index in [0.29, 0.717) is 4.34 Å². The van der Waals surface area contributed by atoms with Crippen molar-refractivity contribution < 1.29 is 18.0 Å². The van der Waals surface area contributed by atoms with E-state index in [9.17, 15) is 18.0 Å². The highest BCUT2D eigenvalue weighted by Crippen LogP contribution is 2.36. The molecule has 0 radical (unpaired) electrons. The number of hydrogen-bond donors (Lipinski definition) is 1. The van der Waals surface area contributed by atoms with Crippen LogP contribution in [-0.4, -0.2) is 31.6 Å². The van der Waals surface area contributed by atoms with Crippen molar-refractivity contribution >= 4 is 45.7 Å². The van der Waals surface area contributed by atoms with Crippen molar-refractivity contribution in [2.45, 2.75) is 37.3 Å². The molecule has 24 heavy (non-hydrogen) atoms. The second-order valence-corrected chi connectivity index (χ2v) is 7.53. The zero-order valence-corrected chi connectivity index (χ0v) is 15.2. The van der Waals surface area contributed by atoms with Crippen molar-refractivity contribution in [3.05, 3.63) is 16.4 Å². The molecule has 2 heterocycles. The van der Waals surface area contributed by atoms with Crippen LogP contribution in [0, 0.1) is 6.92 Å². The van der Waals surface area contributed by atoms with Gasteiger partial charge in [0.2, 0.25) is 5.13 Å². The molecule has 0 spiro atoms. The van der Waals surface area contributed by atoms with Crippen LogP contribution in [0.1, 0.15) is 31.3 Å². The summed E-state index contributed by atoms with van der Waals surface area (Å²) in [6, 6.07) is -0.996. The van der Waals surface area contributed by atoms with Crippen LogP contribution < -0.4 is 5.32 Å². The molecule has 0 aliphatic carbocycles. The summed E-state index contributed by atoms with van der Waals surface area (Å²) in [5, 5.41) is 13.4. The van der Waals surface area contributed by atoms with Crippen molar-refractivity contribution in [3.8, 4) is 0 Å². The standard InChI is InChI=1S/C12H13ClF3N5OS2/c1-4-23-11-19-18-10(24-11)17-9(22)6(3)21-5(2)7(13)8(20-21)12(14,15)16/h6H,4H2,1-3H3,(H,17,18,22). The Morgan fingerprint density at radius 1 is 1.46 bits per heavy atom. The first kappa shape index (κ1) is 19.0. The summed E-state index contributed by atoms with van der Waals surface area (Å²) in [6.07, 6.45) is -4.69. The summed E-state index contributed by atoms with van der Waals surface area (Å²) in [6.45, 7) is 4.75. The first-order valence-electron chi connectivity index (χ1n) is 6.74. The molecule has 1 N–H and O–H groups in total. The largest absolute Gasteiger partial charge is 0.436 e. The minimum absolute atomic E-state index is 0.0612. The normalized spacial score (nSPS) is 13.1. The molecule has 2 rings (SSSR count). The van der Waals surface area contributed by atoms with Gasteiger partial charge < -0.3 is 0 Å². The van der Waals surface area contributed by atoms with E-state index >= 15 is 0 Å². The minimum Gasteiger partial charge on any atom is -0.299 e. The van der Waals surface area contributed by atoms with E-state index in [-0.39, 0.29) is 10.8 Å². The number of halogens is 4. The third kappa shape index (κ3) is 4.01. The number of hydrogen-bond acceptors (Lipinski definition) is 6. The average Bonchev–Trinajstić information content (AvgIpc) is 3.04. The zero-order valence-electron chi connectivity index (χ0n) is 12.8. The summed E-state index contributed by atoms with van der Waals surface area (Å²) in [7, 11) is 0.